The highest BCUT2D eigenvalue weighted by Gasteiger charge is 2.11. The molecule has 0 saturated heterocycles. The summed E-state index contributed by atoms with van der Waals surface area (Å²) in [5, 5.41) is 7.63. The number of halogens is 1. The van der Waals surface area contributed by atoms with Crippen LogP contribution in [0, 0.1) is 5.41 Å². The second kappa shape index (κ2) is 4.19. The first-order chi connectivity index (χ1) is 6.60. The predicted octanol–water partition coefficient (Wildman–Crippen LogP) is 1.64. The summed E-state index contributed by atoms with van der Waals surface area (Å²) in [6.07, 6.45) is 0. The predicted molar refractivity (Wildman–Crippen MR) is 55.6 cm³/mol. The van der Waals surface area contributed by atoms with Crippen LogP contribution >= 0.6 is 11.6 Å². The number of benzene rings is 1. The lowest BCUT2D eigenvalue weighted by atomic mass is 10.2. The Morgan fingerprint density at radius 3 is 2.43 bits per heavy atom. The minimum atomic E-state index is -0.0622. The third kappa shape index (κ3) is 1.90. The Kier molecular flexibility index (Phi) is 3.19. The van der Waals surface area contributed by atoms with Crippen LogP contribution in [0.3, 0.4) is 0 Å². The zero-order valence-electron chi connectivity index (χ0n) is 7.93. The summed E-state index contributed by atoms with van der Waals surface area (Å²) < 4.78 is 10.1. The molecule has 0 heterocycles. The fourth-order valence-corrected chi connectivity index (χ4v) is 1.36. The lowest BCUT2D eigenvalue weighted by Crippen LogP contribution is -2.11. The van der Waals surface area contributed by atoms with Gasteiger partial charge in [0.2, 0.25) is 0 Å². The zero-order chi connectivity index (χ0) is 10.7. The molecule has 5 heteroatoms. The molecule has 14 heavy (non-hydrogen) atoms. The summed E-state index contributed by atoms with van der Waals surface area (Å²) in [4.78, 5) is 0. The molecule has 0 spiro atoms. The summed E-state index contributed by atoms with van der Waals surface area (Å²) in [6.45, 7) is 0. The van der Waals surface area contributed by atoms with E-state index >= 15 is 0 Å². The van der Waals surface area contributed by atoms with Gasteiger partial charge in [0.25, 0.3) is 0 Å². The molecule has 0 saturated carbocycles. The zero-order valence-corrected chi connectivity index (χ0v) is 8.68. The van der Waals surface area contributed by atoms with Crippen LogP contribution in [0.15, 0.2) is 12.1 Å². The highest BCUT2D eigenvalue weighted by Crippen LogP contribution is 2.35. The molecule has 0 aliphatic heterocycles. The molecule has 1 rings (SSSR count). The van der Waals surface area contributed by atoms with Crippen LogP contribution in [0.1, 0.15) is 5.56 Å². The maximum Gasteiger partial charge on any atom is 0.179 e. The maximum absolute atomic E-state index is 7.25. The number of ether oxygens (including phenoxy) is 2. The van der Waals surface area contributed by atoms with Crippen molar-refractivity contribution in [2.45, 2.75) is 0 Å². The van der Waals surface area contributed by atoms with Crippen molar-refractivity contribution in [2.75, 3.05) is 14.2 Å². The molecule has 4 nitrogen and oxygen atoms in total. The minimum Gasteiger partial charge on any atom is -0.493 e. The van der Waals surface area contributed by atoms with Crippen LogP contribution in [0.4, 0.5) is 0 Å². The average molecular weight is 215 g/mol. The van der Waals surface area contributed by atoms with E-state index in [0.29, 0.717) is 22.1 Å². The van der Waals surface area contributed by atoms with E-state index in [1.165, 1.54) is 14.2 Å². The van der Waals surface area contributed by atoms with Crippen LogP contribution in [0.5, 0.6) is 11.5 Å². The fourth-order valence-electron chi connectivity index (χ4n) is 1.07. The van der Waals surface area contributed by atoms with Crippen LogP contribution in [-0.4, -0.2) is 20.1 Å². The van der Waals surface area contributed by atoms with E-state index in [4.69, 9.17) is 32.2 Å². The molecular weight excluding hydrogens is 204 g/mol. The molecule has 0 aliphatic carbocycles. The van der Waals surface area contributed by atoms with E-state index in [2.05, 4.69) is 0 Å². The molecule has 0 aliphatic rings. The molecule has 0 radical (unpaired) electrons. The first-order valence-electron chi connectivity index (χ1n) is 3.86. The molecule has 76 valence electrons. The molecule has 0 unspecified atom stereocenters. The van der Waals surface area contributed by atoms with Gasteiger partial charge in [-0.1, -0.05) is 11.6 Å². The Labute approximate surface area is 87.1 Å². The molecule has 0 aromatic heterocycles. The standard InChI is InChI=1S/C9H11ClN2O2/c1-13-7-4-5(9(11)12)3-6(10)8(7)14-2/h3-4H,1-2H3,(H3,11,12). The van der Waals surface area contributed by atoms with Crippen molar-refractivity contribution in [3.05, 3.63) is 22.7 Å². The lowest BCUT2D eigenvalue weighted by Gasteiger charge is -2.10. The van der Waals surface area contributed by atoms with Gasteiger partial charge in [-0.25, -0.2) is 0 Å². The van der Waals surface area contributed by atoms with Gasteiger partial charge < -0.3 is 15.2 Å². The van der Waals surface area contributed by atoms with E-state index in [9.17, 15) is 0 Å². The molecule has 0 atom stereocenters. The number of nitrogen functional groups attached to an aromatic ring is 1. The lowest BCUT2D eigenvalue weighted by molar-refractivity contribution is 0.355. The van der Waals surface area contributed by atoms with Gasteiger partial charge in [-0.05, 0) is 12.1 Å². The molecule has 0 fully saturated rings. The van der Waals surface area contributed by atoms with E-state index in [1.807, 2.05) is 0 Å². The number of hydrogen-bond donors (Lipinski definition) is 2. The monoisotopic (exact) mass is 214 g/mol. The Balaban J connectivity index is 3.31. The fraction of sp³-hybridized carbons (Fsp3) is 0.222. The van der Waals surface area contributed by atoms with E-state index < -0.39 is 0 Å². The third-order valence-corrected chi connectivity index (χ3v) is 2.03. The molecular formula is C9H11ClN2O2. The van der Waals surface area contributed by atoms with E-state index in [0.717, 1.165) is 0 Å². The Hall–Kier alpha value is -1.42. The van der Waals surface area contributed by atoms with Gasteiger partial charge in [-0.2, -0.15) is 0 Å². The van der Waals surface area contributed by atoms with Gasteiger partial charge in [0.15, 0.2) is 11.5 Å². The van der Waals surface area contributed by atoms with Crippen molar-refractivity contribution < 1.29 is 9.47 Å². The van der Waals surface area contributed by atoms with Crippen molar-refractivity contribution in [2.24, 2.45) is 5.73 Å². The maximum atomic E-state index is 7.25. The second-order valence-electron chi connectivity index (χ2n) is 2.61. The summed E-state index contributed by atoms with van der Waals surface area (Å²) >= 11 is 5.90. The van der Waals surface area contributed by atoms with E-state index in [1.54, 1.807) is 12.1 Å². The van der Waals surface area contributed by atoms with Crippen molar-refractivity contribution >= 4 is 17.4 Å². The van der Waals surface area contributed by atoms with Crippen molar-refractivity contribution in [1.82, 2.24) is 0 Å². The number of amidine groups is 1. The normalized spacial score (nSPS) is 9.64. The highest BCUT2D eigenvalue weighted by molar-refractivity contribution is 6.32. The Bertz CT molecular complexity index is 366. The molecule has 0 amide bonds. The van der Waals surface area contributed by atoms with Crippen LogP contribution in [0.25, 0.3) is 0 Å². The van der Waals surface area contributed by atoms with Gasteiger partial charge in [0.1, 0.15) is 5.84 Å². The molecule has 1 aromatic carbocycles. The van der Waals surface area contributed by atoms with Crippen LogP contribution in [-0.2, 0) is 0 Å². The Morgan fingerprint density at radius 1 is 1.36 bits per heavy atom. The Morgan fingerprint density at radius 2 is 2.00 bits per heavy atom. The topological polar surface area (TPSA) is 68.3 Å². The first-order valence-corrected chi connectivity index (χ1v) is 4.24. The molecule has 0 bridgehead atoms. The molecule has 1 aromatic rings. The average Bonchev–Trinajstić information content (AvgIpc) is 2.16. The largest absolute Gasteiger partial charge is 0.493 e. The summed E-state index contributed by atoms with van der Waals surface area (Å²) in [5.41, 5.74) is 5.83. The highest BCUT2D eigenvalue weighted by atomic mass is 35.5. The number of nitrogens with two attached hydrogens (primary N) is 1. The smallest absolute Gasteiger partial charge is 0.179 e. The van der Waals surface area contributed by atoms with Gasteiger partial charge in [0.05, 0.1) is 19.2 Å². The summed E-state index contributed by atoms with van der Waals surface area (Å²) in [5.74, 6) is 0.845. The first kappa shape index (κ1) is 10.7. The summed E-state index contributed by atoms with van der Waals surface area (Å²) in [6, 6.07) is 3.16. The summed E-state index contributed by atoms with van der Waals surface area (Å²) in [7, 11) is 3.00. The number of nitrogens with one attached hydrogen (secondary N) is 1. The van der Waals surface area contributed by atoms with Crippen LogP contribution in [0.2, 0.25) is 5.02 Å². The van der Waals surface area contributed by atoms with Crippen LogP contribution < -0.4 is 15.2 Å². The van der Waals surface area contributed by atoms with Gasteiger partial charge in [0, 0.05) is 5.56 Å². The van der Waals surface area contributed by atoms with Crippen molar-refractivity contribution in [1.29, 1.82) is 5.41 Å². The third-order valence-electron chi connectivity index (χ3n) is 1.74. The second-order valence-corrected chi connectivity index (χ2v) is 3.01. The molecule has 3 N–H and O–H groups in total. The van der Waals surface area contributed by atoms with E-state index in [-0.39, 0.29) is 5.84 Å². The van der Waals surface area contributed by atoms with Crippen molar-refractivity contribution in [3.63, 3.8) is 0 Å². The number of rotatable bonds is 3. The van der Waals surface area contributed by atoms with Gasteiger partial charge in [-0.15, -0.1) is 0 Å². The SMILES string of the molecule is COc1cc(C(=N)N)cc(Cl)c1OC. The van der Waals surface area contributed by atoms with Crippen molar-refractivity contribution in [3.8, 4) is 11.5 Å². The van der Waals surface area contributed by atoms with Gasteiger partial charge >= 0.3 is 0 Å². The minimum absolute atomic E-state index is 0.0622. The number of methoxy groups -OCH3 is 2. The van der Waals surface area contributed by atoms with Gasteiger partial charge in [-0.3, -0.25) is 5.41 Å². The quantitative estimate of drug-likeness (QED) is 0.594. The number of hydrogen-bond acceptors (Lipinski definition) is 3.